The predicted molar refractivity (Wildman–Crippen MR) is 62.5 cm³/mol. The van der Waals surface area contributed by atoms with Gasteiger partial charge in [0.05, 0.1) is 0 Å². The van der Waals surface area contributed by atoms with Crippen LogP contribution in [0, 0.1) is 29.1 Å². The van der Waals surface area contributed by atoms with E-state index in [-0.39, 0.29) is 0 Å². The third-order valence-corrected chi connectivity index (χ3v) is 5.08. The Kier molecular flexibility index (Phi) is 2.52. The average Bonchev–Trinajstić information content (AvgIpc) is 2.19. The van der Waals surface area contributed by atoms with Crippen molar-refractivity contribution in [2.45, 2.75) is 40.5 Å². The maximum absolute atomic E-state index is 10.6. The van der Waals surface area contributed by atoms with E-state index in [2.05, 4.69) is 26.8 Å². The highest BCUT2D eigenvalue weighted by atomic mass is 16.1. The van der Waals surface area contributed by atoms with Gasteiger partial charge in [0.2, 0.25) is 0 Å². The van der Waals surface area contributed by atoms with E-state index in [1.807, 2.05) is 6.92 Å². The highest BCUT2D eigenvalue weighted by Crippen LogP contribution is 2.63. The topological polar surface area (TPSA) is 17.1 Å². The van der Waals surface area contributed by atoms with Gasteiger partial charge in [-0.3, -0.25) is 4.79 Å². The van der Waals surface area contributed by atoms with E-state index in [1.54, 1.807) is 0 Å². The van der Waals surface area contributed by atoms with Crippen molar-refractivity contribution in [1.29, 1.82) is 0 Å². The van der Waals surface area contributed by atoms with Gasteiger partial charge >= 0.3 is 0 Å². The Bertz CT molecular complexity index is 300. The predicted octanol–water partition coefficient (Wildman–Crippen LogP) is 3.45. The van der Waals surface area contributed by atoms with Gasteiger partial charge in [0.25, 0.3) is 0 Å². The van der Waals surface area contributed by atoms with Gasteiger partial charge in [-0.1, -0.05) is 26.8 Å². The summed E-state index contributed by atoms with van der Waals surface area (Å²) in [5.41, 5.74) is 1.46. The van der Waals surface area contributed by atoms with Crippen LogP contribution in [0.2, 0.25) is 0 Å². The lowest BCUT2D eigenvalue weighted by Gasteiger charge is -2.61. The third-order valence-electron chi connectivity index (χ3n) is 5.08. The molecule has 3 rings (SSSR count). The molecule has 4 atom stereocenters. The molecule has 3 fully saturated rings. The molecular weight excluding hydrogens is 184 g/mol. The number of carbonyl (C=O) groups is 1. The summed E-state index contributed by atoms with van der Waals surface area (Å²) < 4.78 is 0. The van der Waals surface area contributed by atoms with Gasteiger partial charge in [-0.25, -0.2) is 0 Å². The summed E-state index contributed by atoms with van der Waals surface area (Å²) in [7, 11) is 0. The first-order chi connectivity index (χ1) is 6.96. The largest absolute Gasteiger partial charge is 0.298 e. The molecule has 0 aromatic heterocycles. The minimum atomic E-state index is 0.554. The molecule has 15 heavy (non-hydrogen) atoms. The monoisotopic (exact) mass is 206 g/mol. The zero-order valence-corrected chi connectivity index (χ0v) is 10.3. The van der Waals surface area contributed by atoms with Crippen LogP contribution in [0.1, 0.15) is 40.5 Å². The molecule has 2 bridgehead atoms. The smallest absolute Gasteiger partial charge is 0.145 e. The Balaban J connectivity index is 2.12. The summed E-state index contributed by atoms with van der Waals surface area (Å²) >= 11 is 0. The molecule has 1 nitrogen and oxygen atoms in total. The van der Waals surface area contributed by atoms with Gasteiger partial charge in [-0.15, -0.1) is 0 Å². The second-order valence-corrected chi connectivity index (χ2v) is 6.15. The molecule has 3 saturated carbocycles. The van der Waals surface area contributed by atoms with Crippen LogP contribution in [0.5, 0.6) is 0 Å². The lowest BCUT2D eigenvalue weighted by atomic mass is 9.43. The zero-order valence-electron chi connectivity index (χ0n) is 10.3. The van der Waals surface area contributed by atoms with E-state index in [9.17, 15) is 4.79 Å². The molecule has 0 aromatic carbocycles. The van der Waals surface area contributed by atoms with Crippen molar-refractivity contribution >= 4 is 6.29 Å². The summed E-state index contributed by atoms with van der Waals surface area (Å²) in [6, 6.07) is 0. The number of fused-ring (bicyclic) bond motifs is 2. The molecule has 1 heteroatoms. The van der Waals surface area contributed by atoms with E-state index >= 15 is 0 Å². The molecule has 84 valence electrons. The molecular formula is C14H22O. The van der Waals surface area contributed by atoms with Crippen LogP contribution in [-0.2, 0) is 4.79 Å². The molecule has 0 spiro atoms. The van der Waals surface area contributed by atoms with E-state index in [4.69, 9.17) is 0 Å². The van der Waals surface area contributed by atoms with E-state index in [0.29, 0.717) is 11.3 Å². The van der Waals surface area contributed by atoms with Gasteiger partial charge in [0.1, 0.15) is 6.29 Å². The normalized spacial score (nSPS) is 43.3. The SMILES string of the molecule is C/C(C=O)=C\C1CC2CC(C1C)C2(C)C. The first kappa shape index (κ1) is 10.9. The second kappa shape index (κ2) is 3.47. The average molecular weight is 206 g/mol. The summed E-state index contributed by atoms with van der Waals surface area (Å²) in [4.78, 5) is 10.6. The van der Waals surface area contributed by atoms with Crippen molar-refractivity contribution < 1.29 is 4.79 Å². The van der Waals surface area contributed by atoms with Crippen LogP contribution in [0.4, 0.5) is 0 Å². The van der Waals surface area contributed by atoms with Crippen LogP contribution >= 0.6 is 0 Å². The van der Waals surface area contributed by atoms with Crippen molar-refractivity contribution in [2.75, 3.05) is 0 Å². The minimum Gasteiger partial charge on any atom is -0.298 e. The molecule has 0 N–H and O–H groups in total. The van der Waals surface area contributed by atoms with E-state index in [0.717, 1.165) is 29.6 Å². The van der Waals surface area contributed by atoms with Crippen LogP contribution in [0.15, 0.2) is 11.6 Å². The lowest BCUT2D eigenvalue weighted by molar-refractivity contribution is -0.118. The fraction of sp³-hybridized carbons (Fsp3) is 0.786. The highest BCUT2D eigenvalue weighted by Gasteiger charge is 2.55. The number of rotatable bonds is 2. The standard InChI is InChI=1S/C14H22O/c1-9(8-15)5-11-6-12-7-13(10(11)2)14(12,3)4/h5,8,10-13H,6-7H2,1-4H3/b9-5+. The molecule has 0 amide bonds. The van der Waals surface area contributed by atoms with Gasteiger partial charge in [-0.2, -0.15) is 0 Å². The number of hydrogen-bond acceptors (Lipinski definition) is 1. The van der Waals surface area contributed by atoms with Crippen LogP contribution in [0.3, 0.4) is 0 Å². The molecule has 0 heterocycles. The van der Waals surface area contributed by atoms with Crippen molar-refractivity contribution in [3.05, 3.63) is 11.6 Å². The number of carbonyl (C=O) groups excluding carboxylic acids is 1. The molecule has 0 aromatic rings. The van der Waals surface area contributed by atoms with Gasteiger partial charge in [-0.05, 0) is 54.4 Å². The summed E-state index contributed by atoms with van der Waals surface area (Å²) in [5.74, 6) is 3.16. The minimum absolute atomic E-state index is 0.554. The summed E-state index contributed by atoms with van der Waals surface area (Å²) in [6.07, 6.45) is 5.89. The maximum Gasteiger partial charge on any atom is 0.145 e. The van der Waals surface area contributed by atoms with Crippen molar-refractivity contribution in [3.63, 3.8) is 0 Å². The molecule has 3 aliphatic carbocycles. The maximum atomic E-state index is 10.6. The molecule has 0 radical (unpaired) electrons. The molecule has 0 saturated heterocycles. The quantitative estimate of drug-likeness (QED) is 0.499. The molecule has 0 aliphatic heterocycles. The van der Waals surface area contributed by atoms with Crippen LogP contribution < -0.4 is 0 Å². The van der Waals surface area contributed by atoms with Crippen molar-refractivity contribution in [3.8, 4) is 0 Å². The van der Waals surface area contributed by atoms with E-state index < -0.39 is 0 Å². The summed E-state index contributed by atoms with van der Waals surface area (Å²) in [6.45, 7) is 9.11. The molecule has 3 aliphatic rings. The Morgan fingerprint density at radius 3 is 2.47 bits per heavy atom. The fourth-order valence-electron chi connectivity index (χ4n) is 3.79. The molecule has 4 unspecified atom stereocenters. The van der Waals surface area contributed by atoms with E-state index in [1.165, 1.54) is 12.8 Å². The summed E-state index contributed by atoms with van der Waals surface area (Å²) in [5, 5.41) is 0. The Morgan fingerprint density at radius 2 is 2.00 bits per heavy atom. The second-order valence-electron chi connectivity index (χ2n) is 6.15. The van der Waals surface area contributed by atoms with Gasteiger partial charge in [0, 0.05) is 0 Å². The third kappa shape index (κ3) is 1.56. The van der Waals surface area contributed by atoms with Gasteiger partial charge in [0.15, 0.2) is 0 Å². The van der Waals surface area contributed by atoms with Crippen LogP contribution in [-0.4, -0.2) is 6.29 Å². The number of hydrogen-bond donors (Lipinski definition) is 0. The Morgan fingerprint density at radius 1 is 1.33 bits per heavy atom. The zero-order chi connectivity index (χ0) is 11.2. The van der Waals surface area contributed by atoms with Crippen LogP contribution in [0.25, 0.3) is 0 Å². The van der Waals surface area contributed by atoms with Gasteiger partial charge < -0.3 is 0 Å². The highest BCUT2D eigenvalue weighted by molar-refractivity contribution is 5.72. The lowest BCUT2D eigenvalue weighted by Crippen LogP contribution is -2.54. The number of allylic oxidation sites excluding steroid dienone is 2. The first-order valence-electron chi connectivity index (χ1n) is 6.10. The van der Waals surface area contributed by atoms with Crippen molar-refractivity contribution in [1.82, 2.24) is 0 Å². The fourth-order valence-corrected chi connectivity index (χ4v) is 3.79. The van der Waals surface area contributed by atoms with Crippen molar-refractivity contribution in [2.24, 2.45) is 29.1 Å². The number of aldehydes is 1. The Labute approximate surface area is 92.9 Å². The Hall–Kier alpha value is -0.590. The first-order valence-corrected chi connectivity index (χ1v) is 6.10.